The van der Waals surface area contributed by atoms with E-state index in [0.717, 1.165) is 12.0 Å². The molecule has 1 aromatic carbocycles. The summed E-state index contributed by atoms with van der Waals surface area (Å²) in [4.78, 5) is 0. The van der Waals surface area contributed by atoms with Crippen LogP contribution in [-0.2, 0) is 44.5 Å². The summed E-state index contributed by atoms with van der Waals surface area (Å²) in [6.45, 7) is 12.0. The Morgan fingerprint density at radius 1 is 0.861 bits per heavy atom. The number of ether oxygens (including phenoxy) is 8. The van der Waals surface area contributed by atoms with Crippen LogP contribution >= 0.6 is 0 Å². The van der Waals surface area contributed by atoms with E-state index in [1.807, 2.05) is 71.9 Å². The highest BCUT2D eigenvalue weighted by Gasteiger charge is 2.62. The van der Waals surface area contributed by atoms with Gasteiger partial charge < -0.3 is 43.0 Å². The maximum absolute atomic E-state index is 9.27. The van der Waals surface area contributed by atoms with E-state index < -0.39 is 29.3 Å². The van der Waals surface area contributed by atoms with Gasteiger partial charge in [0.25, 0.3) is 0 Å². The number of aliphatic hydroxyl groups excluding tert-OH is 1. The first-order chi connectivity index (χ1) is 17.0. The third kappa shape index (κ3) is 5.65. The molecule has 4 aliphatic rings. The van der Waals surface area contributed by atoms with E-state index in [1.54, 1.807) is 7.11 Å². The Kier molecular flexibility index (Phi) is 8.17. The number of benzene rings is 1. The third-order valence-electron chi connectivity index (χ3n) is 7.26. The van der Waals surface area contributed by atoms with E-state index in [2.05, 4.69) is 0 Å². The molecule has 0 spiro atoms. The van der Waals surface area contributed by atoms with Crippen LogP contribution in [0.1, 0.15) is 66.4 Å². The number of methoxy groups -OCH3 is 1. The predicted octanol–water partition coefficient (Wildman–Crippen LogP) is 3.86. The molecule has 4 fully saturated rings. The molecular formula is C27H42O9. The highest BCUT2D eigenvalue weighted by Crippen LogP contribution is 2.46. The second-order valence-electron chi connectivity index (χ2n) is 10.7. The van der Waals surface area contributed by atoms with Crippen molar-refractivity contribution in [2.24, 2.45) is 0 Å². The first-order valence-corrected chi connectivity index (χ1v) is 12.9. The fraction of sp³-hybridized carbons (Fsp3) is 0.778. The minimum Gasteiger partial charge on any atom is -0.393 e. The van der Waals surface area contributed by atoms with Gasteiger partial charge in [0, 0.05) is 20.0 Å². The Bertz CT molecular complexity index is 832. The van der Waals surface area contributed by atoms with Crippen molar-refractivity contribution in [3.63, 3.8) is 0 Å². The van der Waals surface area contributed by atoms with E-state index in [-0.39, 0.29) is 31.2 Å². The van der Waals surface area contributed by atoms with E-state index in [0.29, 0.717) is 19.4 Å². The lowest BCUT2D eigenvalue weighted by Gasteiger charge is -2.34. The first-order valence-electron chi connectivity index (χ1n) is 12.9. The first kappa shape index (κ1) is 27.9. The van der Waals surface area contributed by atoms with Crippen molar-refractivity contribution >= 4 is 0 Å². The van der Waals surface area contributed by atoms with Crippen LogP contribution in [0.15, 0.2) is 30.3 Å². The van der Waals surface area contributed by atoms with Gasteiger partial charge in [-0.15, -0.1) is 0 Å². The zero-order valence-electron chi connectivity index (χ0n) is 22.5. The zero-order chi connectivity index (χ0) is 26.2. The second kappa shape index (κ2) is 10.6. The van der Waals surface area contributed by atoms with Crippen molar-refractivity contribution < 1.29 is 43.0 Å². The number of hydrogen-bond donors (Lipinski definition) is 1. The summed E-state index contributed by atoms with van der Waals surface area (Å²) in [6.07, 6.45) is 0.721. The lowest BCUT2D eigenvalue weighted by atomic mass is 9.97. The van der Waals surface area contributed by atoms with Crippen LogP contribution < -0.4 is 0 Å². The van der Waals surface area contributed by atoms with Crippen LogP contribution in [0, 0.1) is 0 Å². The molecule has 1 N–H and O–H groups in total. The Morgan fingerprint density at radius 2 is 1.53 bits per heavy atom. The number of fused-ring (bicyclic) bond motifs is 2. The predicted molar refractivity (Wildman–Crippen MR) is 130 cm³/mol. The Morgan fingerprint density at radius 3 is 2.11 bits per heavy atom. The molecule has 0 aliphatic carbocycles. The SMILES string of the molecule is CC[C@@]1(OC)O[C@@H]2OC(C)(C)O[C@H]2C1OCc1ccccc1.CC[C@]1(CO)C[C@@H]2OC(C)(C)O[C@H]2O1. The molecule has 0 amide bonds. The summed E-state index contributed by atoms with van der Waals surface area (Å²) >= 11 is 0. The van der Waals surface area contributed by atoms with E-state index in [1.165, 1.54) is 0 Å². The average Bonchev–Trinajstić information content (AvgIpc) is 3.51. The molecule has 36 heavy (non-hydrogen) atoms. The van der Waals surface area contributed by atoms with Gasteiger partial charge in [0.2, 0.25) is 0 Å². The number of hydrogen-bond acceptors (Lipinski definition) is 9. The molecule has 0 bridgehead atoms. The van der Waals surface area contributed by atoms with Crippen LogP contribution in [-0.4, -0.2) is 72.7 Å². The standard InChI is InChI=1S/C17H24O5.C10H18O4/c1-5-17(18-4)14(19-11-12-9-7-6-8-10-12)13-15(22-17)21-16(2,3)20-13;1-4-10(6-11)5-7-8(14-10)13-9(2,3)12-7/h6-10,13-15H,5,11H2,1-4H3;7-8,11H,4-6H2,1-3H3/t13-,14?,15-,17+;7-,8-,10+/m00/s1. The van der Waals surface area contributed by atoms with Gasteiger partial charge in [0.1, 0.15) is 18.3 Å². The molecule has 4 saturated heterocycles. The topological polar surface area (TPSA) is 94.1 Å². The number of rotatable bonds is 7. The fourth-order valence-corrected chi connectivity index (χ4v) is 5.29. The maximum Gasteiger partial charge on any atom is 0.199 e. The molecule has 5 rings (SSSR count). The molecule has 9 heteroatoms. The smallest absolute Gasteiger partial charge is 0.199 e. The van der Waals surface area contributed by atoms with E-state index >= 15 is 0 Å². The molecule has 0 aromatic heterocycles. The lowest BCUT2D eigenvalue weighted by Crippen LogP contribution is -2.47. The lowest BCUT2D eigenvalue weighted by molar-refractivity contribution is -0.315. The minimum absolute atomic E-state index is 0.0305. The van der Waals surface area contributed by atoms with Gasteiger partial charge >= 0.3 is 0 Å². The Balaban J connectivity index is 0.000000187. The van der Waals surface area contributed by atoms with Gasteiger partial charge in [0.05, 0.1) is 18.8 Å². The highest BCUT2D eigenvalue weighted by atomic mass is 16.9. The molecule has 9 nitrogen and oxygen atoms in total. The monoisotopic (exact) mass is 510 g/mol. The van der Waals surface area contributed by atoms with E-state index in [4.69, 9.17) is 37.9 Å². The minimum atomic E-state index is -0.833. The summed E-state index contributed by atoms with van der Waals surface area (Å²) in [5.74, 6) is -2.05. The molecule has 1 aromatic rings. The van der Waals surface area contributed by atoms with Gasteiger partial charge in [-0.2, -0.15) is 0 Å². The summed E-state index contributed by atoms with van der Waals surface area (Å²) in [6, 6.07) is 10.0. The van der Waals surface area contributed by atoms with Crippen LogP contribution in [0.25, 0.3) is 0 Å². The highest BCUT2D eigenvalue weighted by molar-refractivity contribution is 5.13. The van der Waals surface area contributed by atoms with Crippen molar-refractivity contribution in [3.8, 4) is 0 Å². The van der Waals surface area contributed by atoms with Gasteiger partial charge in [-0.1, -0.05) is 44.2 Å². The quantitative estimate of drug-likeness (QED) is 0.587. The largest absolute Gasteiger partial charge is 0.393 e. The fourth-order valence-electron chi connectivity index (χ4n) is 5.29. The molecule has 204 valence electrons. The second-order valence-corrected chi connectivity index (χ2v) is 10.7. The molecule has 1 unspecified atom stereocenters. The molecule has 4 heterocycles. The Labute approximate surface area is 214 Å². The molecule has 7 atom stereocenters. The van der Waals surface area contributed by atoms with Crippen LogP contribution in [0.3, 0.4) is 0 Å². The third-order valence-corrected chi connectivity index (χ3v) is 7.26. The van der Waals surface area contributed by atoms with Crippen LogP contribution in [0.4, 0.5) is 0 Å². The van der Waals surface area contributed by atoms with Crippen LogP contribution in [0.5, 0.6) is 0 Å². The summed E-state index contributed by atoms with van der Waals surface area (Å²) in [7, 11) is 1.63. The van der Waals surface area contributed by atoms with Crippen molar-refractivity contribution in [1.82, 2.24) is 0 Å². The van der Waals surface area contributed by atoms with Crippen molar-refractivity contribution in [2.45, 2.75) is 121 Å². The van der Waals surface area contributed by atoms with Gasteiger partial charge in [0.15, 0.2) is 29.9 Å². The maximum atomic E-state index is 9.27. The van der Waals surface area contributed by atoms with Gasteiger partial charge in [-0.25, -0.2) is 0 Å². The summed E-state index contributed by atoms with van der Waals surface area (Å²) in [5, 5.41) is 9.27. The molecule has 0 saturated carbocycles. The Hall–Kier alpha value is -1.14. The normalized spacial score (nSPS) is 39.9. The van der Waals surface area contributed by atoms with Crippen LogP contribution in [0.2, 0.25) is 0 Å². The molecule has 4 aliphatic heterocycles. The van der Waals surface area contributed by atoms with E-state index in [9.17, 15) is 5.11 Å². The number of aliphatic hydroxyl groups is 1. The van der Waals surface area contributed by atoms with Crippen molar-refractivity contribution in [3.05, 3.63) is 35.9 Å². The van der Waals surface area contributed by atoms with Gasteiger partial charge in [-0.3, -0.25) is 0 Å². The summed E-state index contributed by atoms with van der Waals surface area (Å²) < 4.78 is 46.5. The van der Waals surface area contributed by atoms with Crippen molar-refractivity contribution in [2.75, 3.05) is 13.7 Å². The van der Waals surface area contributed by atoms with Crippen molar-refractivity contribution in [1.29, 1.82) is 0 Å². The summed E-state index contributed by atoms with van der Waals surface area (Å²) in [5.41, 5.74) is 0.650. The van der Waals surface area contributed by atoms with Gasteiger partial charge in [-0.05, 0) is 39.7 Å². The molecule has 0 radical (unpaired) electrons. The zero-order valence-corrected chi connectivity index (χ0v) is 22.5. The molecular weight excluding hydrogens is 468 g/mol. The average molecular weight is 511 g/mol.